The first-order chi connectivity index (χ1) is 13.0. The average molecular weight is 379 g/mol. The van der Waals surface area contributed by atoms with Crippen molar-refractivity contribution < 1.29 is 9.66 Å². The predicted octanol–water partition coefficient (Wildman–Crippen LogP) is 5.20. The first-order valence-electron chi connectivity index (χ1n) is 7.66. The summed E-state index contributed by atoms with van der Waals surface area (Å²) in [6, 6.07) is 15.0. The van der Waals surface area contributed by atoms with E-state index in [4.69, 9.17) is 10.5 Å². The number of nitrogen functional groups attached to an aromatic ring is 1. The third-order valence-electron chi connectivity index (χ3n) is 3.72. The van der Waals surface area contributed by atoms with Crippen LogP contribution in [0.1, 0.15) is 5.56 Å². The minimum absolute atomic E-state index is 0.0278. The molecular weight excluding hydrogens is 366 g/mol. The monoisotopic (exact) mass is 379 g/mol. The van der Waals surface area contributed by atoms with Gasteiger partial charge in [-0.2, -0.15) is 5.26 Å². The van der Waals surface area contributed by atoms with Gasteiger partial charge in [-0.1, -0.05) is 23.5 Å². The zero-order valence-electron chi connectivity index (χ0n) is 14.1. The number of nitro groups is 1. The Bertz CT molecular complexity index is 1050. The number of nitro benzene ring substituents is 1. The summed E-state index contributed by atoms with van der Waals surface area (Å²) in [4.78, 5) is 10.2. The summed E-state index contributed by atoms with van der Waals surface area (Å²) in [5.74, 6) is 0.689. The SMILES string of the molecule is COc1ccc(-c2c(N=Nc3ccc([N+](=O)[O-])cc3)sc(N)c2C#N)cc1. The fourth-order valence-corrected chi connectivity index (χ4v) is 3.25. The lowest BCUT2D eigenvalue weighted by molar-refractivity contribution is -0.384. The average Bonchev–Trinajstić information content (AvgIpc) is 3.02. The van der Waals surface area contributed by atoms with Crippen molar-refractivity contribution in [3.8, 4) is 22.9 Å². The fraction of sp³-hybridized carbons (Fsp3) is 0.0556. The number of hydrogen-bond acceptors (Lipinski definition) is 8. The van der Waals surface area contributed by atoms with E-state index in [0.717, 1.165) is 16.9 Å². The van der Waals surface area contributed by atoms with Gasteiger partial charge in [0.05, 0.1) is 23.3 Å². The van der Waals surface area contributed by atoms with Crippen LogP contribution >= 0.6 is 11.3 Å². The highest BCUT2D eigenvalue weighted by molar-refractivity contribution is 7.20. The van der Waals surface area contributed by atoms with Gasteiger partial charge in [-0.05, 0) is 29.8 Å². The normalized spacial score (nSPS) is 10.7. The Morgan fingerprint density at radius 1 is 1.15 bits per heavy atom. The number of azo groups is 1. The van der Waals surface area contributed by atoms with Crippen LogP contribution in [-0.2, 0) is 0 Å². The Labute approximate surface area is 158 Å². The third kappa shape index (κ3) is 3.75. The molecule has 0 atom stereocenters. The number of nitrogens with zero attached hydrogens (tertiary/aromatic N) is 4. The van der Waals surface area contributed by atoms with Gasteiger partial charge >= 0.3 is 0 Å². The summed E-state index contributed by atoms with van der Waals surface area (Å²) in [5.41, 5.74) is 8.07. The predicted molar refractivity (Wildman–Crippen MR) is 103 cm³/mol. The second-order valence-corrected chi connectivity index (χ2v) is 6.37. The van der Waals surface area contributed by atoms with Crippen molar-refractivity contribution in [3.63, 3.8) is 0 Å². The summed E-state index contributed by atoms with van der Waals surface area (Å²) >= 11 is 1.15. The molecule has 0 saturated carbocycles. The molecule has 0 fully saturated rings. The third-order valence-corrected chi connectivity index (χ3v) is 4.63. The molecule has 3 rings (SSSR count). The molecule has 0 bridgehead atoms. The van der Waals surface area contributed by atoms with E-state index >= 15 is 0 Å². The summed E-state index contributed by atoms with van der Waals surface area (Å²) in [7, 11) is 1.57. The summed E-state index contributed by atoms with van der Waals surface area (Å²) < 4.78 is 5.15. The largest absolute Gasteiger partial charge is 0.497 e. The van der Waals surface area contributed by atoms with Crippen molar-refractivity contribution in [1.82, 2.24) is 0 Å². The van der Waals surface area contributed by atoms with Crippen LogP contribution in [-0.4, -0.2) is 12.0 Å². The molecule has 2 N–H and O–H groups in total. The number of thiophene rings is 1. The van der Waals surface area contributed by atoms with Crippen LogP contribution in [0.4, 0.5) is 21.4 Å². The molecule has 27 heavy (non-hydrogen) atoms. The van der Waals surface area contributed by atoms with E-state index in [2.05, 4.69) is 16.3 Å². The van der Waals surface area contributed by atoms with Gasteiger partial charge < -0.3 is 10.5 Å². The molecule has 0 saturated heterocycles. The molecule has 0 radical (unpaired) electrons. The molecular formula is C18H13N5O3S. The number of nitrogens with two attached hydrogens (primary N) is 1. The highest BCUT2D eigenvalue weighted by Gasteiger charge is 2.18. The molecule has 9 heteroatoms. The second-order valence-electron chi connectivity index (χ2n) is 5.34. The topological polar surface area (TPSA) is 127 Å². The van der Waals surface area contributed by atoms with E-state index in [0.29, 0.717) is 32.6 Å². The summed E-state index contributed by atoms with van der Waals surface area (Å²) in [6.45, 7) is 0. The smallest absolute Gasteiger partial charge is 0.269 e. The minimum Gasteiger partial charge on any atom is -0.497 e. The van der Waals surface area contributed by atoms with Gasteiger partial charge in [-0.25, -0.2) is 0 Å². The van der Waals surface area contributed by atoms with E-state index in [9.17, 15) is 15.4 Å². The highest BCUT2D eigenvalue weighted by atomic mass is 32.1. The number of nitriles is 1. The number of anilines is 1. The van der Waals surface area contributed by atoms with Crippen molar-refractivity contribution >= 4 is 32.7 Å². The van der Waals surface area contributed by atoms with Crippen molar-refractivity contribution in [2.45, 2.75) is 0 Å². The van der Waals surface area contributed by atoms with Crippen molar-refractivity contribution in [3.05, 3.63) is 64.2 Å². The number of methoxy groups -OCH3 is 1. The maximum absolute atomic E-state index is 10.7. The van der Waals surface area contributed by atoms with Gasteiger partial charge in [-0.3, -0.25) is 10.1 Å². The Morgan fingerprint density at radius 2 is 1.81 bits per heavy atom. The van der Waals surface area contributed by atoms with Crippen molar-refractivity contribution in [2.24, 2.45) is 10.2 Å². The van der Waals surface area contributed by atoms with E-state index in [-0.39, 0.29) is 5.69 Å². The van der Waals surface area contributed by atoms with E-state index in [1.807, 2.05) is 12.1 Å². The number of benzene rings is 2. The van der Waals surface area contributed by atoms with E-state index in [1.165, 1.54) is 24.3 Å². The molecule has 2 aromatic carbocycles. The van der Waals surface area contributed by atoms with Crippen LogP contribution in [0.25, 0.3) is 11.1 Å². The van der Waals surface area contributed by atoms with Gasteiger partial charge in [0.25, 0.3) is 5.69 Å². The Hall–Kier alpha value is -3.77. The lowest BCUT2D eigenvalue weighted by Gasteiger charge is -2.03. The Morgan fingerprint density at radius 3 is 2.37 bits per heavy atom. The number of hydrogen-bond donors (Lipinski definition) is 1. The molecule has 1 aromatic heterocycles. The maximum Gasteiger partial charge on any atom is 0.269 e. The van der Waals surface area contributed by atoms with Crippen LogP contribution < -0.4 is 10.5 Å². The van der Waals surface area contributed by atoms with Crippen LogP contribution in [0, 0.1) is 21.4 Å². The molecule has 0 aliphatic carbocycles. The lowest BCUT2D eigenvalue weighted by atomic mass is 10.0. The van der Waals surface area contributed by atoms with Crippen molar-refractivity contribution in [2.75, 3.05) is 12.8 Å². The Kier molecular flexibility index (Phi) is 5.10. The van der Waals surface area contributed by atoms with Crippen LogP contribution in [0.2, 0.25) is 0 Å². The molecule has 3 aromatic rings. The highest BCUT2D eigenvalue weighted by Crippen LogP contribution is 2.45. The quantitative estimate of drug-likeness (QED) is 0.370. The molecule has 0 amide bonds. The van der Waals surface area contributed by atoms with Crippen LogP contribution in [0.3, 0.4) is 0 Å². The molecule has 1 heterocycles. The van der Waals surface area contributed by atoms with E-state index in [1.54, 1.807) is 19.2 Å². The Balaban J connectivity index is 2.00. The fourth-order valence-electron chi connectivity index (χ4n) is 2.39. The molecule has 134 valence electrons. The molecule has 0 unspecified atom stereocenters. The summed E-state index contributed by atoms with van der Waals surface area (Å²) in [5, 5.41) is 29.3. The second kappa shape index (κ2) is 7.63. The number of non-ortho nitro benzene ring substituents is 1. The zero-order chi connectivity index (χ0) is 19.4. The van der Waals surface area contributed by atoms with Crippen LogP contribution in [0.5, 0.6) is 5.75 Å². The van der Waals surface area contributed by atoms with Gasteiger partial charge in [0.15, 0.2) is 0 Å². The minimum atomic E-state index is -0.484. The standard InChI is InChI=1S/C18H13N5O3S/c1-26-14-8-2-11(3-9-14)16-15(10-19)17(20)27-18(16)22-21-12-4-6-13(7-5-12)23(24)25/h2-9H,20H2,1H3. The summed E-state index contributed by atoms with van der Waals surface area (Å²) in [6.07, 6.45) is 0. The van der Waals surface area contributed by atoms with Gasteiger partial charge in [0.2, 0.25) is 0 Å². The zero-order valence-corrected chi connectivity index (χ0v) is 14.9. The molecule has 0 spiro atoms. The maximum atomic E-state index is 10.7. The first kappa shape index (κ1) is 18.0. The van der Waals surface area contributed by atoms with Crippen LogP contribution in [0.15, 0.2) is 58.8 Å². The van der Waals surface area contributed by atoms with Crippen molar-refractivity contribution in [1.29, 1.82) is 5.26 Å². The molecule has 8 nitrogen and oxygen atoms in total. The number of rotatable bonds is 5. The molecule has 0 aliphatic rings. The first-order valence-corrected chi connectivity index (χ1v) is 8.48. The lowest BCUT2D eigenvalue weighted by Crippen LogP contribution is -1.86. The van der Waals surface area contributed by atoms with Gasteiger partial charge in [-0.15, -0.1) is 10.2 Å². The van der Waals surface area contributed by atoms with E-state index < -0.39 is 4.92 Å². The van der Waals surface area contributed by atoms with Gasteiger partial charge in [0, 0.05) is 17.7 Å². The number of ether oxygens (including phenoxy) is 1. The molecule has 0 aliphatic heterocycles. The van der Waals surface area contributed by atoms with Gasteiger partial charge in [0.1, 0.15) is 21.8 Å².